The molecule has 1 aromatic rings. The highest BCUT2D eigenvalue weighted by Gasteiger charge is 2.18. The molecular weight excluding hydrogens is 152 g/mol. The smallest absolute Gasteiger partial charge is 0.124 e. The third-order valence-corrected chi connectivity index (χ3v) is 2.16. The van der Waals surface area contributed by atoms with E-state index in [9.17, 15) is 0 Å². The first-order valence-electron chi connectivity index (χ1n) is 4.09. The molecule has 1 heterocycles. The summed E-state index contributed by atoms with van der Waals surface area (Å²) in [7, 11) is 0. The fourth-order valence-corrected chi connectivity index (χ4v) is 1.52. The van der Waals surface area contributed by atoms with Crippen LogP contribution in [-0.4, -0.2) is 6.61 Å². The van der Waals surface area contributed by atoms with Crippen molar-refractivity contribution in [3.05, 3.63) is 29.8 Å². The van der Waals surface area contributed by atoms with Gasteiger partial charge in [0.1, 0.15) is 5.75 Å². The molecule has 0 aliphatic carbocycles. The number of ether oxygens (including phenoxy) is 1. The molecule has 1 aromatic carbocycles. The lowest BCUT2D eigenvalue weighted by Gasteiger charge is -2.24. The molecule has 0 amide bonds. The van der Waals surface area contributed by atoms with Crippen LogP contribution in [-0.2, 0) is 0 Å². The molecule has 1 aliphatic rings. The second kappa shape index (κ2) is 3.13. The van der Waals surface area contributed by atoms with Crippen LogP contribution in [0.25, 0.3) is 0 Å². The molecule has 0 unspecified atom stereocenters. The van der Waals surface area contributed by atoms with Gasteiger partial charge in [0.15, 0.2) is 0 Å². The second-order valence-corrected chi connectivity index (χ2v) is 2.89. The van der Waals surface area contributed by atoms with E-state index in [4.69, 9.17) is 10.6 Å². The molecule has 3 nitrogen and oxygen atoms in total. The fraction of sp³-hybridized carbons (Fsp3) is 0.333. The molecule has 0 saturated heterocycles. The zero-order chi connectivity index (χ0) is 8.39. The molecule has 0 saturated carbocycles. The van der Waals surface area contributed by atoms with Gasteiger partial charge in [-0.05, 0) is 6.07 Å². The van der Waals surface area contributed by atoms with Gasteiger partial charge >= 0.3 is 0 Å². The van der Waals surface area contributed by atoms with Crippen LogP contribution >= 0.6 is 0 Å². The lowest BCUT2D eigenvalue weighted by Crippen LogP contribution is -2.31. The van der Waals surface area contributed by atoms with Gasteiger partial charge in [0.05, 0.1) is 12.6 Å². The van der Waals surface area contributed by atoms with Gasteiger partial charge in [0.2, 0.25) is 0 Å². The van der Waals surface area contributed by atoms with Crippen molar-refractivity contribution in [3.8, 4) is 5.75 Å². The molecule has 64 valence electrons. The molecule has 0 bridgehead atoms. The summed E-state index contributed by atoms with van der Waals surface area (Å²) in [5, 5.41) is 0. The molecule has 1 aliphatic heterocycles. The second-order valence-electron chi connectivity index (χ2n) is 2.89. The molecule has 1 atom stereocenters. The molecule has 0 fully saturated rings. The molecule has 0 radical (unpaired) electrons. The highest BCUT2D eigenvalue weighted by molar-refractivity contribution is 5.37. The Morgan fingerprint density at radius 2 is 2.25 bits per heavy atom. The van der Waals surface area contributed by atoms with Crippen molar-refractivity contribution < 1.29 is 4.74 Å². The van der Waals surface area contributed by atoms with Crippen molar-refractivity contribution in [1.82, 2.24) is 5.43 Å². The Kier molecular flexibility index (Phi) is 1.98. The monoisotopic (exact) mass is 164 g/mol. The summed E-state index contributed by atoms with van der Waals surface area (Å²) in [4.78, 5) is 0. The van der Waals surface area contributed by atoms with Crippen molar-refractivity contribution in [2.24, 2.45) is 5.84 Å². The Labute approximate surface area is 71.5 Å². The quantitative estimate of drug-likeness (QED) is 0.480. The van der Waals surface area contributed by atoms with Crippen molar-refractivity contribution in [2.75, 3.05) is 6.61 Å². The third-order valence-electron chi connectivity index (χ3n) is 2.16. The van der Waals surface area contributed by atoms with Crippen LogP contribution in [0.4, 0.5) is 0 Å². The lowest BCUT2D eigenvalue weighted by molar-refractivity contribution is 0.253. The minimum atomic E-state index is 0.245. The standard InChI is InChI=1S/C9H12N2O/c10-11-8-5-6-12-9-4-2-1-3-7(8)9/h1-4,8,11H,5-6,10H2/t8-/m0/s1. The average molecular weight is 164 g/mol. The van der Waals surface area contributed by atoms with Crippen LogP contribution in [0.3, 0.4) is 0 Å². The first-order chi connectivity index (χ1) is 5.92. The van der Waals surface area contributed by atoms with Crippen molar-refractivity contribution in [2.45, 2.75) is 12.5 Å². The average Bonchev–Trinajstić information content (AvgIpc) is 2.17. The van der Waals surface area contributed by atoms with Crippen LogP contribution in [0.5, 0.6) is 5.75 Å². The van der Waals surface area contributed by atoms with Gasteiger partial charge in [0, 0.05) is 12.0 Å². The van der Waals surface area contributed by atoms with Gasteiger partial charge in [-0.1, -0.05) is 18.2 Å². The predicted octanol–water partition coefficient (Wildman–Crippen LogP) is 0.973. The first-order valence-corrected chi connectivity index (χ1v) is 4.09. The highest BCUT2D eigenvalue weighted by atomic mass is 16.5. The fourth-order valence-electron chi connectivity index (χ4n) is 1.52. The summed E-state index contributed by atoms with van der Waals surface area (Å²) in [5.41, 5.74) is 3.94. The van der Waals surface area contributed by atoms with Gasteiger partial charge in [-0.25, -0.2) is 0 Å². The van der Waals surface area contributed by atoms with Crippen molar-refractivity contribution in [1.29, 1.82) is 0 Å². The molecule has 3 heteroatoms. The van der Waals surface area contributed by atoms with Gasteiger partial charge in [0.25, 0.3) is 0 Å². The summed E-state index contributed by atoms with van der Waals surface area (Å²) in [6.45, 7) is 0.742. The SMILES string of the molecule is NN[C@H]1CCOc2ccccc21. The Balaban J connectivity index is 2.37. The molecule has 0 aromatic heterocycles. The maximum atomic E-state index is 5.46. The van der Waals surface area contributed by atoms with E-state index in [-0.39, 0.29) is 6.04 Å². The maximum Gasteiger partial charge on any atom is 0.124 e. The summed E-state index contributed by atoms with van der Waals surface area (Å²) in [6, 6.07) is 8.22. The maximum absolute atomic E-state index is 5.46. The number of hydrogen-bond acceptors (Lipinski definition) is 3. The van der Waals surface area contributed by atoms with Crippen LogP contribution in [0.15, 0.2) is 24.3 Å². The summed E-state index contributed by atoms with van der Waals surface area (Å²) in [5.74, 6) is 6.36. The van der Waals surface area contributed by atoms with E-state index in [1.807, 2.05) is 24.3 Å². The highest BCUT2D eigenvalue weighted by Crippen LogP contribution is 2.30. The van der Waals surface area contributed by atoms with Crippen molar-refractivity contribution in [3.63, 3.8) is 0 Å². The largest absolute Gasteiger partial charge is 0.493 e. The van der Waals surface area contributed by atoms with Crippen LogP contribution < -0.4 is 16.0 Å². The zero-order valence-corrected chi connectivity index (χ0v) is 6.79. The van der Waals surface area contributed by atoms with E-state index in [1.54, 1.807) is 0 Å². The summed E-state index contributed by atoms with van der Waals surface area (Å²) < 4.78 is 5.46. The van der Waals surface area contributed by atoms with E-state index in [0.717, 1.165) is 24.3 Å². The van der Waals surface area contributed by atoms with Crippen LogP contribution in [0.2, 0.25) is 0 Å². The molecule has 12 heavy (non-hydrogen) atoms. The Hall–Kier alpha value is -1.06. The predicted molar refractivity (Wildman–Crippen MR) is 46.6 cm³/mol. The number of rotatable bonds is 1. The van der Waals surface area contributed by atoms with Crippen LogP contribution in [0, 0.1) is 0 Å². The Morgan fingerprint density at radius 3 is 3.08 bits per heavy atom. The zero-order valence-electron chi connectivity index (χ0n) is 6.79. The lowest BCUT2D eigenvalue weighted by atomic mass is 10.0. The number of para-hydroxylation sites is 1. The third kappa shape index (κ3) is 1.17. The summed E-state index contributed by atoms with van der Waals surface area (Å²) >= 11 is 0. The van der Waals surface area contributed by atoms with E-state index < -0.39 is 0 Å². The van der Waals surface area contributed by atoms with Gasteiger partial charge in [-0.3, -0.25) is 11.3 Å². The minimum absolute atomic E-state index is 0.245. The van der Waals surface area contributed by atoms with Crippen LogP contribution in [0.1, 0.15) is 18.0 Å². The van der Waals surface area contributed by atoms with E-state index in [0.29, 0.717) is 0 Å². The van der Waals surface area contributed by atoms with E-state index in [1.165, 1.54) is 0 Å². The topological polar surface area (TPSA) is 47.3 Å². The molecular formula is C9H12N2O. The molecule has 2 rings (SSSR count). The van der Waals surface area contributed by atoms with Gasteiger partial charge in [-0.15, -0.1) is 0 Å². The first kappa shape index (κ1) is 7.58. The summed E-state index contributed by atoms with van der Waals surface area (Å²) in [6.07, 6.45) is 0.938. The van der Waals surface area contributed by atoms with Crippen molar-refractivity contribution >= 4 is 0 Å². The van der Waals surface area contributed by atoms with Gasteiger partial charge in [-0.2, -0.15) is 0 Å². The van der Waals surface area contributed by atoms with Gasteiger partial charge < -0.3 is 4.74 Å². The number of hydrogen-bond donors (Lipinski definition) is 2. The number of fused-ring (bicyclic) bond motifs is 1. The molecule has 3 N–H and O–H groups in total. The normalized spacial score (nSPS) is 21.2. The Morgan fingerprint density at radius 1 is 1.42 bits per heavy atom. The Bertz CT molecular complexity index is 275. The number of hydrazine groups is 1. The van der Waals surface area contributed by atoms with E-state index in [2.05, 4.69) is 5.43 Å². The number of benzene rings is 1. The minimum Gasteiger partial charge on any atom is -0.493 e. The number of nitrogens with two attached hydrogens (primary N) is 1. The molecule has 0 spiro atoms. The number of nitrogens with one attached hydrogen (secondary N) is 1. The van der Waals surface area contributed by atoms with E-state index >= 15 is 0 Å².